The van der Waals surface area contributed by atoms with E-state index in [-0.39, 0.29) is 18.2 Å². The van der Waals surface area contributed by atoms with Crippen molar-refractivity contribution in [3.8, 4) is 0 Å². The maximum atomic E-state index is 12.5. The zero-order valence-electron chi connectivity index (χ0n) is 11.7. The number of thiophene rings is 1. The van der Waals surface area contributed by atoms with E-state index in [9.17, 15) is 18.0 Å². The van der Waals surface area contributed by atoms with Gasteiger partial charge in [0, 0.05) is 19.2 Å². The van der Waals surface area contributed by atoms with Crippen LogP contribution in [0.1, 0.15) is 27.6 Å². The smallest absolute Gasteiger partial charge is 0.375 e. The lowest BCUT2D eigenvalue weighted by Crippen LogP contribution is -2.29. The Labute approximate surface area is 129 Å². The summed E-state index contributed by atoms with van der Waals surface area (Å²) >= 11 is 1.52. The number of ether oxygens (including phenoxy) is 1. The third-order valence-electron chi connectivity index (χ3n) is 3.12. The molecule has 22 heavy (non-hydrogen) atoms. The number of benzene rings is 1. The molecule has 7 heteroatoms. The van der Waals surface area contributed by atoms with Crippen LogP contribution in [0.15, 0.2) is 41.1 Å². The maximum Gasteiger partial charge on any atom is 0.416 e. The first-order valence-corrected chi connectivity index (χ1v) is 7.36. The van der Waals surface area contributed by atoms with Crippen LogP contribution < -0.4 is 5.32 Å². The molecule has 2 rings (SSSR count). The van der Waals surface area contributed by atoms with Gasteiger partial charge in [-0.2, -0.15) is 24.5 Å². The number of nitrogens with one attached hydrogen (secondary N) is 1. The Morgan fingerprint density at radius 2 is 1.95 bits per heavy atom. The van der Waals surface area contributed by atoms with Crippen molar-refractivity contribution in [3.05, 3.63) is 57.8 Å². The molecule has 1 N–H and O–H groups in total. The summed E-state index contributed by atoms with van der Waals surface area (Å²) in [6.07, 6.45) is -4.69. The highest BCUT2D eigenvalue weighted by atomic mass is 32.1. The lowest BCUT2D eigenvalue weighted by atomic mass is 10.1. The highest BCUT2D eigenvalue weighted by molar-refractivity contribution is 7.07. The largest absolute Gasteiger partial charge is 0.416 e. The van der Waals surface area contributed by atoms with Gasteiger partial charge in [0.05, 0.1) is 5.56 Å². The van der Waals surface area contributed by atoms with E-state index in [1.165, 1.54) is 18.4 Å². The molecular formula is C15H14F3NO2S. The first-order valence-electron chi connectivity index (χ1n) is 6.42. The predicted octanol–water partition coefficient (Wildman–Crippen LogP) is 3.88. The number of carbonyl (C=O) groups excluding carboxylic acids is 1. The molecule has 0 fully saturated rings. The minimum atomic E-state index is -4.41. The van der Waals surface area contributed by atoms with Gasteiger partial charge >= 0.3 is 6.18 Å². The predicted molar refractivity (Wildman–Crippen MR) is 77.8 cm³/mol. The fourth-order valence-electron chi connectivity index (χ4n) is 1.89. The van der Waals surface area contributed by atoms with E-state index in [0.29, 0.717) is 0 Å². The van der Waals surface area contributed by atoms with Crippen LogP contribution in [-0.4, -0.2) is 19.6 Å². The maximum absolute atomic E-state index is 12.5. The van der Waals surface area contributed by atoms with E-state index in [1.54, 1.807) is 0 Å². The van der Waals surface area contributed by atoms with Gasteiger partial charge in [-0.15, -0.1) is 0 Å². The van der Waals surface area contributed by atoms with Crippen LogP contribution in [-0.2, 0) is 10.9 Å². The molecule has 1 atom stereocenters. The van der Waals surface area contributed by atoms with Crippen molar-refractivity contribution in [1.29, 1.82) is 0 Å². The molecule has 1 unspecified atom stereocenters. The molecule has 2 aromatic rings. The van der Waals surface area contributed by atoms with Crippen LogP contribution >= 0.6 is 11.3 Å². The Morgan fingerprint density at radius 3 is 2.45 bits per heavy atom. The molecule has 118 valence electrons. The lowest BCUT2D eigenvalue weighted by molar-refractivity contribution is -0.137. The Morgan fingerprint density at radius 1 is 1.27 bits per heavy atom. The highest BCUT2D eigenvalue weighted by Gasteiger charge is 2.30. The molecule has 1 heterocycles. The van der Waals surface area contributed by atoms with Crippen LogP contribution in [0, 0.1) is 0 Å². The summed E-state index contributed by atoms with van der Waals surface area (Å²) in [4.78, 5) is 12.0. The molecule has 0 aliphatic heterocycles. The second kappa shape index (κ2) is 6.93. The fraction of sp³-hybridized carbons (Fsp3) is 0.267. The first-order chi connectivity index (χ1) is 10.4. The molecule has 0 spiro atoms. The van der Waals surface area contributed by atoms with Gasteiger partial charge in [0.25, 0.3) is 5.91 Å². The number of hydrogen-bond donors (Lipinski definition) is 1. The van der Waals surface area contributed by atoms with Crippen molar-refractivity contribution in [1.82, 2.24) is 5.32 Å². The molecule has 0 aliphatic rings. The van der Waals surface area contributed by atoms with E-state index < -0.39 is 17.6 Å². The van der Waals surface area contributed by atoms with Crippen LogP contribution in [0.5, 0.6) is 0 Å². The number of alkyl halides is 3. The van der Waals surface area contributed by atoms with Crippen molar-refractivity contribution in [2.45, 2.75) is 12.3 Å². The molecule has 0 saturated heterocycles. The van der Waals surface area contributed by atoms with E-state index in [4.69, 9.17) is 4.74 Å². The van der Waals surface area contributed by atoms with Crippen molar-refractivity contribution in [2.75, 3.05) is 13.7 Å². The van der Waals surface area contributed by atoms with Crippen molar-refractivity contribution in [2.24, 2.45) is 0 Å². The molecular weight excluding hydrogens is 315 g/mol. The third kappa shape index (κ3) is 4.08. The molecule has 0 aliphatic carbocycles. The lowest BCUT2D eigenvalue weighted by Gasteiger charge is -2.15. The first kappa shape index (κ1) is 16.5. The summed E-state index contributed by atoms with van der Waals surface area (Å²) in [5, 5.41) is 6.47. The minimum absolute atomic E-state index is 0.174. The average molecular weight is 329 g/mol. The second-order valence-corrected chi connectivity index (χ2v) is 5.35. The van der Waals surface area contributed by atoms with Crippen molar-refractivity contribution < 1.29 is 22.7 Å². The van der Waals surface area contributed by atoms with Gasteiger partial charge in [-0.05, 0) is 46.7 Å². The van der Waals surface area contributed by atoms with Gasteiger partial charge in [0.2, 0.25) is 0 Å². The Bertz CT molecular complexity index is 609. The summed E-state index contributed by atoms with van der Waals surface area (Å²) < 4.78 is 42.7. The summed E-state index contributed by atoms with van der Waals surface area (Å²) in [6.45, 7) is 0.243. The summed E-state index contributed by atoms with van der Waals surface area (Å²) in [5.41, 5.74) is 0.338. The number of hydrogen-bond acceptors (Lipinski definition) is 3. The van der Waals surface area contributed by atoms with Gasteiger partial charge in [0.1, 0.15) is 6.10 Å². The van der Waals surface area contributed by atoms with E-state index >= 15 is 0 Å². The molecule has 1 aromatic carbocycles. The van der Waals surface area contributed by atoms with Gasteiger partial charge in [-0.1, -0.05) is 0 Å². The summed E-state index contributed by atoms with van der Waals surface area (Å²) in [7, 11) is 1.53. The molecule has 1 aromatic heterocycles. The number of halogens is 3. The zero-order chi connectivity index (χ0) is 16.2. The normalized spacial score (nSPS) is 12.9. The topological polar surface area (TPSA) is 38.3 Å². The SMILES string of the molecule is COC(CNC(=O)c1ccc(C(F)(F)F)cc1)c1ccsc1. The van der Waals surface area contributed by atoms with Gasteiger partial charge < -0.3 is 10.1 Å². The number of amides is 1. The van der Waals surface area contributed by atoms with Crippen molar-refractivity contribution in [3.63, 3.8) is 0 Å². The standard InChI is InChI=1S/C15H14F3NO2S/c1-21-13(11-6-7-22-9-11)8-19-14(20)10-2-4-12(5-3-10)15(16,17)18/h2-7,9,13H,8H2,1H3,(H,19,20). The molecule has 3 nitrogen and oxygen atoms in total. The number of carbonyl (C=O) groups is 1. The van der Waals surface area contributed by atoms with Crippen LogP contribution in [0.25, 0.3) is 0 Å². The fourth-order valence-corrected chi connectivity index (χ4v) is 2.60. The second-order valence-electron chi connectivity index (χ2n) is 4.57. The van der Waals surface area contributed by atoms with Crippen LogP contribution in [0.4, 0.5) is 13.2 Å². The van der Waals surface area contributed by atoms with Crippen LogP contribution in [0.3, 0.4) is 0 Å². The number of methoxy groups -OCH3 is 1. The van der Waals surface area contributed by atoms with Crippen molar-refractivity contribution >= 4 is 17.2 Å². The Kier molecular flexibility index (Phi) is 5.20. The quantitative estimate of drug-likeness (QED) is 0.904. The zero-order valence-corrected chi connectivity index (χ0v) is 12.5. The average Bonchev–Trinajstić information content (AvgIpc) is 3.01. The van der Waals surface area contributed by atoms with E-state index in [2.05, 4.69) is 5.32 Å². The molecule has 0 bridgehead atoms. The summed E-state index contributed by atoms with van der Waals surface area (Å²) in [6, 6.07) is 5.99. The molecule has 1 amide bonds. The Balaban J connectivity index is 1.97. The third-order valence-corrected chi connectivity index (χ3v) is 3.82. The van der Waals surface area contributed by atoms with E-state index in [1.807, 2.05) is 16.8 Å². The minimum Gasteiger partial charge on any atom is -0.375 e. The highest BCUT2D eigenvalue weighted by Crippen LogP contribution is 2.29. The van der Waals surface area contributed by atoms with E-state index in [0.717, 1.165) is 29.8 Å². The van der Waals surface area contributed by atoms with Gasteiger partial charge in [0.15, 0.2) is 0 Å². The van der Waals surface area contributed by atoms with Crippen LogP contribution in [0.2, 0.25) is 0 Å². The molecule has 0 saturated carbocycles. The molecule has 0 radical (unpaired) electrons. The van der Waals surface area contributed by atoms with Gasteiger partial charge in [-0.3, -0.25) is 4.79 Å². The monoisotopic (exact) mass is 329 g/mol. The summed E-state index contributed by atoms with van der Waals surface area (Å²) in [5.74, 6) is -0.439. The Hall–Kier alpha value is -1.86. The van der Waals surface area contributed by atoms with Gasteiger partial charge in [-0.25, -0.2) is 0 Å². The number of rotatable bonds is 5.